The summed E-state index contributed by atoms with van der Waals surface area (Å²) in [6, 6.07) is 16.2. The summed E-state index contributed by atoms with van der Waals surface area (Å²) in [5, 5.41) is 8.99. The van der Waals surface area contributed by atoms with E-state index in [1.807, 2.05) is 24.3 Å². The predicted octanol–water partition coefficient (Wildman–Crippen LogP) is 4.12. The number of aromatic nitrogens is 2. The maximum absolute atomic E-state index is 11.5. The molecular weight excluding hydrogens is 342 g/mol. The molecule has 27 heavy (non-hydrogen) atoms. The second-order valence-corrected chi connectivity index (χ2v) is 5.91. The van der Waals surface area contributed by atoms with Crippen LogP contribution in [0.5, 0.6) is 0 Å². The van der Waals surface area contributed by atoms with Gasteiger partial charge in [-0.1, -0.05) is 12.1 Å². The number of anilines is 5. The molecule has 3 aromatic rings. The highest BCUT2D eigenvalue weighted by molar-refractivity contribution is 5.95. The van der Waals surface area contributed by atoms with Crippen LogP contribution in [-0.4, -0.2) is 21.7 Å². The van der Waals surface area contributed by atoms with E-state index >= 15 is 0 Å². The van der Waals surface area contributed by atoms with Crippen LogP contribution >= 0.6 is 0 Å². The van der Waals surface area contributed by atoms with Crippen LogP contribution in [-0.2, 0) is 4.79 Å². The minimum absolute atomic E-state index is 0.00593. The highest BCUT2D eigenvalue weighted by atomic mass is 16.1. The minimum Gasteiger partial charge on any atom is -0.340 e. The quantitative estimate of drug-likeness (QED) is 0.572. The second kappa shape index (κ2) is 8.09. The van der Waals surface area contributed by atoms with Crippen LogP contribution in [0, 0.1) is 0 Å². The molecule has 0 spiro atoms. The lowest BCUT2D eigenvalue weighted by molar-refractivity contribution is -0.114. The third kappa shape index (κ3) is 5.12. The highest BCUT2D eigenvalue weighted by Crippen LogP contribution is 2.20. The summed E-state index contributed by atoms with van der Waals surface area (Å²) in [7, 11) is 0. The zero-order valence-corrected chi connectivity index (χ0v) is 15.0. The average Bonchev–Trinajstić information content (AvgIpc) is 2.63. The zero-order chi connectivity index (χ0) is 19.2. The number of hydrogen-bond donors (Lipinski definition) is 3. The maximum atomic E-state index is 11.5. The van der Waals surface area contributed by atoms with E-state index in [1.165, 1.54) is 13.8 Å². The molecule has 0 saturated heterocycles. The van der Waals surface area contributed by atoms with Crippen LogP contribution in [0.25, 0.3) is 0 Å². The van der Waals surface area contributed by atoms with E-state index in [-0.39, 0.29) is 11.7 Å². The van der Waals surface area contributed by atoms with Crippen molar-refractivity contribution >= 4 is 40.5 Å². The molecule has 3 rings (SSSR count). The van der Waals surface area contributed by atoms with E-state index in [1.54, 1.807) is 36.5 Å². The first kappa shape index (κ1) is 18.1. The largest absolute Gasteiger partial charge is 0.340 e. The lowest BCUT2D eigenvalue weighted by atomic mass is 10.1. The van der Waals surface area contributed by atoms with E-state index in [0.29, 0.717) is 17.3 Å². The van der Waals surface area contributed by atoms with Gasteiger partial charge in [-0.25, -0.2) is 4.98 Å². The van der Waals surface area contributed by atoms with Crippen molar-refractivity contribution < 1.29 is 9.59 Å². The van der Waals surface area contributed by atoms with E-state index in [0.717, 1.165) is 17.1 Å². The second-order valence-electron chi connectivity index (χ2n) is 5.91. The van der Waals surface area contributed by atoms with Crippen molar-refractivity contribution in [2.75, 3.05) is 16.0 Å². The number of rotatable bonds is 6. The summed E-state index contributed by atoms with van der Waals surface area (Å²) in [6.07, 6.45) is 1.64. The molecule has 0 aliphatic rings. The molecule has 7 heteroatoms. The number of carbonyl (C=O) groups is 2. The number of Topliss-reactive ketones (excluding diaryl/α,β-unsaturated/α-hetero) is 1. The summed E-state index contributed by atoms with van der Waals surface area (Å²) in [6.45, 7) is 2.99. The van der Waals surface area contributed by atoms with Gasteiger partial charge in [0.25, 0.3) is 0 Å². The minimum atomic E-state index is -0.119. The fourth-order valence-electron chi connectivity index (χ4n) is 2.42. The molecule has 0 saturated carbocycles. The molecule has 0 aliphatic heterocycles. The Labute approximate surface area is 156 Å². The molecule has 0 radical (unpaired) electrons. The first-order valence-electron chi connectivity index (χ1n) is 8.35. The van der Waals surface area contributed by atoms with Crippen molar-refractivity contribution in [3.05, 3.63) is 66.4 Å². The van der Waals surface area contributed by atoms with Gasteiger partial charge in [-0.15, -0.1) is 0 Å². The Bertz CT molecular complexity index is 970. The van der Waals surface area contributed by atoms with Gasteiger partial charge < -0.3 is 16.0 Å². The third-order valence-electron chi connectivity index (χ3n) is 3.66. The number of nitrogens with zero attached hydrogens (tertiary/aromatic N) is 2. The number of benzene rings is 2. The van der Waals surface area contributed by atoms with E-state index in [9.17, 15) is 9.59 Å². The van der Waals surface area contributed by atoms with Crippen molar-refractivity contribution in [1.82, 2.24) is 9.97 Å². The Morgan fingerprint density at radius 1 is 0.852 bits per heavy atom. The summed E-state index contributed by atoms with van der Waals surface area (Å²) < 4.78 is 0. The molecule has 0 fully saturated rings. The summed E-state index contributed by atoms with van der Waals surface area (Å²) in [4.78, 5) is 31.2. The fourth-order valence-corrected chi connectivity index (χ4v) is 2.42. The smallest absolute Gasteiger partial charge is 0.229 e. The van der Waals surface area contributed by atoms with Crippen molar-refractivity contribution in [2.24, 2.45) is 0 Å². The van der Waals surface area contributed by atoms with Crippen molar-refractivity contribution in [3.8, 4) is 0 Å². The van der Waals surface area contributed by atoms with Crippen LogP contribution in [0.4, 0.5) is 28.8 Å². The molecule has 3 N–H and O–H groups in total. The predicted molar refractivity (Wildman–Crippen MR) is 106 cm³/mol. The Morgan fingerprint density at radius 2 is 1.59 bits per heavy atom. The fraction of sp³-hybridized carbons (Fsp3) is 0.100. The van der Waals surface area contributed by atoms with Gasteiger partial charge in [-0.2, -0.15) is 4.98 Å². The van der Waals surface area contributed by atoms with Gasteiger partial charge in [0.2, 0.25) is 11.9 Å². The first-order valence-corrected chi connectivity index (χ1v) is 8.35. The van der Waals surface area contributed by atoms with Crippen LogP contribution in [0.1, 0.15) is 24.2 Å². The Hall–Kier alpha value is -3.74. The summed E-state index contributed by atoms with van der Waals surface area (Å²) in [5.41, 5.74) is 2.91. The zero-order valence-electron chi connectivity index (χ0n) is 15.0. The van der Waals surface area contributed by atoms with Gasteiger partial charge >= 0.3 is 0 Å². The van der Waals surface area contributed by atoms with Gasteiger partial charge in [-0.05, 0) is 49.4 Å². The number of hydrogen-bond acceptors (Lipinski definition) is 6. The Balaban J connectivity index is 1.71. The van der Waals surface area contributed by atoms with Crippen molar-refractivity contribution in [3.63, 3.8) is 0 Å². The number of amides is 1. The van der Waals surface area contributed by atoms with Gasteiger partial charge in [0.15, 0.2) is 5.78 Å². The van der Waals surface area contributed by atoms with Gasteiger partial charge in [0.1, 0.15) is 5.82 Å². The molecule has 7 nitrogen and oxygen atoms in total. The Morgan fingerprint density at radius 3 is 2.30 bits per heavy atom. The monoisotopic (exact) mass is 361 g/mol. The molecule has 136 valence electrons. The standard InChI is InChI=1S/C20H19N5O2/c1-13(26)15-4-3-5-18(12-15)23-19-10-11-21-20(25-19)24-17-8-6-16(7-9-17)22-14(2)27/h3-12H,1-2H3,(H,22,27)(H2,21,23,24,25). The topological polar surface area (TPSA) is 96.0 Å². The summed E-state index contributed by atoms with van der Waals surface area (Å²) >= 11 is 0. The maximum Gasteiger partial charge on any atom is 0.229 e. The van der Waals surface area contributed by atoms with E-state index in [2.05, 4.69) is 25.9 Å². The number of ketones is 1. The Kier molecular flexibility index (Phi) is 5.41. The van der Waals surface area contributed by atoms with Crippen molar-refractivity contribution in [1.29, 1.82) is 0 Å². The highest BCUT2D eigenvalue weighted by Gasteiger charge is 2.04. The molecule has 2 aromatic carbocycles. The molecule has 0 aliphatic carbocycles. The van der Waals surface area contributed by atoms with E-state index < -0.39 is 0 Å². The molecular formula is C20H19N5O2. The SMILES string of the molecule is CC(=O)Nc1ccc(Nc2nccc(Nc3cccc(C(C)=O)c3)n2)cc1. The van der Waals surface area contributed by atoms with Crippen LogP contribution < -0.4 is 16.0 Å². The van der Waals surface area contributed by atoms with Gasteiger partial charge in [0.05, 0.1) is 0 Å². The van der Waals surface area contributed by atoms with Gasteiger partial charge in [-0.3, -0.25) is 9.59 Å². The molecule has 1 heterocycles. The van der Waals surface area contributed by atoms with Crippen LogP contribution in [0.2, 0.25) is 0 Å². The first-order chi connectivity index (χ1) is 13.0. The summed E-state index contributed by atoms with van der Waals surface area (Å²) in [5.74, 6) is 0.913. The number of carbonyl (C=O) groups excluding carboxylic acids is 2. The molecule has 0 atom stereocenters. The van der Waals surface area contributed by atoms with Crippen molar-refractivity contribution in [2.45, 2.75) is 13.8 Å². The average molecular weight is 361 g/mol. The lowest BCUT2D eigenvalue weighted by Gasteiger charge is -2.10. The molecule has 0 unspecified atom stereocenters. The molecule has 1 aromatic heterocycles. The number of nitrogens with one attached hydrogen (secondary N) is 3. The van der Waals surface area contributed by atoms with E-state index in [4.69, 9.17) is 0 Å². The third-order valence-corrected chi connectivity index (χ3v) is 3.66. The molecule has 0 bridgehead atoms. The van der Waals surface area contributed by atoms with Crippen LogP contribution in [0.15, 0.2) is 60.8 Å². The normalized spacial score (nSPS) is 10.1. The molecule has 1 amide bonds. The van der Waals surface area contributed by atoms with Crippen LogP contribution in [0.3, 0.4) is 0 Å². The van der Waals surface area contributed by atoms with Gasteiger partial charge in [0, 0.05) is 35.7 Å². The lowest BCUT2D eigenvalue weighted by Crippen LogP contribution is -2.05.